The van der Waals surface area contributed by atoms with Gasteiger partial charge in [0.25, 0.3) is 0 Å². The number of hydrogen-bond acceptors (Lipinski definition) is 7. The second-order valence-corrected chi connectivity index (χ2v) is 22.9. The number of aldehydes is 2. The number of hydrogen-bond donors (Lipinski definition) is 2. The van der Waals surface area contributed by atoms with E-state index in [2.05, 4.69) is 167 Å². The minimum atomic E-state index is -0.664. The van der Waals surface area contributed by atoms with E-state index in [1.807, 2.05) is 0 Å². The van der Waals surface area contributed by atoms with Crippen LogP contribution in [0.4, 0.5) is 5.69 Å². The van der Waals surface area contributed by atoms with Gasteiger partial charge in [-0.15, -0.1) is 0 Å². The smallest absolute Gasteiger partial charge is 0.145 e. The van der Waals surface area contributed by atoms with E-state index in [0.29, 0.717) is 11.8 Å². The molecule has 5 heterocycles. The van der Waals surface area contributed by atoms with Crippen LogP contribution in [0.2, 0.25) is 0 Å². The van der Waals surface area contributed by atoms with Crippen LogP contribution in [0.5, 0.6) is 0 Å². The lowest BCUT2D eigenvalue weighted by Crippen LogP contribution is -2.52. The Labute approximate surface area is 419 Å². The van der Waals surface area contributed by atoms with Crippen LogP contribution in [0.25, 0.3) is 22.1 Å². The molecule has 2 N–H and O–H groups in total. The molecule has 5 aliphatic rings. The number of imidazole rings is 2. The molecule has 2 aromatic heterocycles. The topological polar surface area (TPSA) is 101 Å². The predicted molar refractivity (Wildman–Crippen MR) is 284 cm³/mol. The van der Waals surface area contributed by atoms with Gasteiger partial charge in [0.05, 0.1) is 46.2 Å². The summed E-state index contributed by atoms with van der Waals surface area (Å²) in [6.45, 7) is 8.61. The van der Waals surface area contributed by atoms with Crippen LogP contribution in [-0.4, -0.2) is 55.4 Å². The van der Waals surface area contributed by atoms with Crippen LogP contribution < -0.4 is 4.90 Å². The number of carbonyl (C=O) groups is 2. The van der Waals surface area contributed by atoms with Crippen molar-refractivity contribution in [2.24, 2.45) is 11.8 Å². The van der Waals surface area contributed by atoms with Gasteiger partial charge >= 0.3 is 0 Å². The predicted octanol–water partition coefficient (Wildman–Crippen LogP) is 13.7. The van der Waals surface area contributed by atoms with Gasteiger partial charge in [-0.25, -0.2) is 9.97 Å². The van der Waals surface area contributed by atoms with Crippen LogP contribution in [0.15, 0.2) is 121 Å². The van der Waals surface area contributed by atoms with Crippen LogP contribution in [0.1, 0.15) is 174 Å². The van der Waals surface area contributed by atoms with Gasteiger partial charge in [-0.05, 0) is 146 Å². The zero-order valence-corrected chi connectivity index (χ0v) is 42.0. The molecule has 71 heavy (non-hydrogen) atoms. The molecule has 5 aromatic carbocycles. The molecular formula is C62H71N7O2. The first kappa shape index (κ1) is 46.2. The molecule has 0 bridgehead atoms. The lowest BCUT2D eigenvalue weighted by atomic mass is 9.76. The summed E-state index contributed by atoms with van der Waals surface area (Å²) in [6.07, 6.45) is 17.6. The lowest BCUT2D eigenvalue weighted by Gasteiger charge is -2.45. The van der Waals surface area contributed by atoms with Gasteiger partial charge in [0.2, 0.25) is 0 Å². The average molecular weight is 946 g/mol. The minimum absolute atomic E-state index is 0.0314. The van der Waals surface area contributed by atoms with Gasteiger partial charge in [0, 0.05) is 18.8 Å². The van der Waals surface area contributed by atoms with E-state index in [0.717, 1.165) is 122 Å². The van der Waals surface area contributed by atoms with E-state index in [1.54, 1.807) is 0 Å². The highest BCUT2D eigenvalue weighted by atomic mass is 16.1. The highest BCUT2D eigenvalue weighted by Crippen LogP contribution is 2.53. The number of fused-ring (bicyclic) bond motifs is 2. The van der Waals surface area contributed by atoms with Crippen LogP contribution in [0.3, 0.4) is 0 Å². The number of benzene rings is 5. The zero-order chi connectivity index (χ0) is 48.3. The van der Waals surface area contributed by atoms with E-state index >= 15 is 0 Å². The largest absolute Gasteiger partial charge is 0.357 e. The average Bonchev–Trinajstić information content (AvgIpc) is 4.26. The Morgan fingerprint density at radius 1 is 0.479 bits per heavy atom. The van der Waals surface area contributed by atoms with Gasteiger partial charge in [0.1, 0.15) is 35.3 Å². The second kappa shape index (κ2) is 18.6. The Bertz CT molecular complexity index is 2820. The molecular weight excluding hydrogens is 875 g/mol. The number of nitrogens with zero attached hydrogens (tertiary/aromatic N) is 5. The van der Waals surface area contributed by atoms with Crippen LogP contribution >= 0.6 is 0 Å². The summed E-state index contributed by atoms with van der Waals surface area (Å²) < 4.78 is 0. The molecule has 0 radical (unpaired) electrons. The number of aromatic nitrogens is 4. The Morgan fingerprint density at radius 2 is 0.915 bits per heavy atom. The Morgan fingerprint density at radius 3 is 1.32 bits per heavy atom. The fourth-order valence-corrected chi connectivity index (χ4v) is 14.6. The highest BCUT2D eigenvalue weighted by Gasteiger charge is 2.52. The number of H-pyrrole nitrogens is 2. The van der Waals surface area contributed by atoms with Crippen LogP contribution in [0, 0.1) is 11.8 Å². The monoisotopic (exact) mass is 946 g/mol. The van der Waals surface area contributed by atoms with Crippen molar-refractivity contribution >= 4 is 40.3 Å². The van der Waals surface area contributed by atoms with Gasteiger partial charge in [-0.1, -0.05) is 131 Å². The first-order valence-corrected chi connectivity index (χ1v) is 27.1. The Hall–Kier alpha value is -5.90. The fourth-order valence-electron chi connectivity index (χ4n) is 14.6. The fraction of sp³-hybridized carbons (Fsp3) is 0.452. The summed E-state index contributed by atoms with van der Waals surface area (Å²) in [5, 5.41) is 0. The third kappa shape index (κ3) is 7.88. The van der Waals surface area contributed by atoms with Crippen molar-refractivity contribution in [2.75, 3.05) is 18.0 Å². The summed E-state index contributed by atoms with van der Waals surface area (Å²) in [5.41, 5.74) is 10.1. The van der Waals surface area contributed by atoms with Gasteiger partial charge in [-0.2, -0.15) is 0 Å². The molecule has 3 saturated heterocycles. The molecule has 9 heteroatoms. The number of aromatic amines is 2. The van der Waals surface area contributed by atoms with E-state index in [9.17, 15) is 9.59 Å². The molecule has 5 fully saturated rings. The van der Waals surface area contributed by atoms with E-state index in [-0.39, 0.29) is 29.6 Å². The zero-order valence-electron chi connectivity index (χ0n) is 42.0. The molecule has 6 atom stereocenters. The lowest BCUT2D eigenvalue weighted by molar-refractivity contribution is -0.125. The molecule has 366 valence electrons. The Balaban J connectivity index is 0.873. The quantitative estimate of drug-likeness (QED) is 0.111. The summed E-state index contributed by atoms with van der Waals surface area (Å²) in [7, 11) is 0. The number of anilines is 1. The van der Waals surface area contributed by atoms with Crippen molar-refractivity contribution in [1.29, 1.82) is 0 Å². The SMILES string of the molecule is CC(C)(C)c1ccc(N2[C@@H](c3ccc4nc([C@@H]5CCCN5C(C=O)(c5ccccc5)C5CCCC5)[nH]c4c3)CC[C@@H]2c2ccc3nc([C@@H]4CCCN4C(C=O)(c4ccccc4)C4CCCC4)[nH]c3c2)cc1. The summed E-state index contributed by atoms with van der Waals surface area (Å²) in [6, 6.07) is 44.6. The number of likely N-dealkylation sites (tertiary alicyclic amines) is 2. The molecule has 12 rings (SSSR count). The minimum Gasteiger partial charge on any atom is -0.357 e. The molecule has 9 nitrogen and oxygen atoms in total. The Kier molecular flexibility index (Phi) is 12.1. The van der Waals surface area contributed by atoms with E-state index in [1.165, 1.54) is 60.6 Å². The maximum atomic E-state index is 13.7. The van der Waals surface area contributed by atoms with Gasteiger partial charge in [0.15, 0.2) is 0 Å². The number of rotatable bonds is 13. The third-order valence-corrected chi connectivity index (χ3v) is 18.1. The van der Waals surface area contributed by atoms with Crippen LogP contribution in [-0.2, 0) is 26.1 Å². The summed E-state index contributed by atoms with van der Waals surface area (Å²) >= 11 is 0. The van der Waals surface area contributed by atoms with Crippen molar-refractivity contribution < 1.29 is 9.59 Å². The normalized spacial score (nSPS) is 24.6. The van der Waals surface area contributed by atoms with E-state index in [4.69, 9.17) is 9.97 Å². The molecule has 2 unspecified atom stereocenters. The first-order valence-electron chi connectivity index (χ1n) is 27.1. The second-order valence-electron chi connectivity index (χ2n) is 22.9. The third-order valence-electron chi connectivity index (χ3n) is 18.1. The molecule has 3 aliphatic heterocycles. The standard InChI is InChI=1S/C62H71N7O2/c1-60(2,3)44-28-30-49(31-29-44)69-54(42-26-32-50-52(38-42)65-58(63-50)56-24-14-36-67(56)61(40-70,47-20-10-11-21-47)45-16-6-4-7-17-45)34-35-55(69)43-27-33-51-53(39-43)66-59(64-51)57-25-15-37-68(57)62(41-71,48-22-12-13-23-48)46-18-8-5-9-19-46/h4-9,16-19,26-33,38-41,47-48,54-57H,10-15,20-25,34-37H2,1-3H3,(H,63,65)(H,64,66)/t54-,55-,56+,57+,61?,62?/m1/s1. The number of carbonyl (C=O) groups excluding carboxylic acids is 2. The van der Waals surface area contributed by atoms with Crippen molar-refractivity contribution in [1.82, 2.24) is 29.7 Å². The molecule has 0 amide bonds. The van der Waals surface area contributed by atoms with Crippen molar-refractivity contribution in [3.05, 3.63) is 161 Å². The molecule has 2 aliphatic carbocycles. The molecule has 7 aromatic rings. The molecule has 2 saturated carbocycles. The first-order chi connectivity index (χ1) is 34.7. The maximum absolute atomic E-state index is 13.7. The molecule has 0 spiro atoms. The summed E-state index contributed by atoms with van der Waals surface area (Å²) in [5.74, 6) is 2.52. The summed E-state index contributed by atoms with van der Waals surface area (Å²) in [4.78, 5) is 53.3. The van der Waals surface area contributed by atoms with Crippen molar-refractivity contribution in [2.45, 2.75) is 151 Å². The van der Waals surface area contributed by atoms with Crippen molar-refractivity contribution in [3.63, 3.8) is 0 Å². The number of nitrogens with one attached hydrogen (secondary N) is 2. The van der Waals surface area contributed by atoms with Gasteiger partial charge < -0.3 is 24.5 Å². The van der Waals surface area contributed by atoms with E-state index < -0.39 is 11.1 Å². The van der Waals surface area contributed by atoms with Gasteiger partial charge in [-0.3, -0.25) is 9.80 Å². The highest BCUT2D eigenvalue weighted by molar-refractivity contribution is 5.78. The maximum Gasteiger partial charge on any atom is 0.145 e. The van der Waals surface area contributed by atoms with Crippen molar-refractivity contribution in [3.8, 4) is 0 Å².